The first-order valence-corrected chi connectivity index (χ1v) is 10.0. The highest BCUT2D eigenvalue weighted by atomic mass is 16.5. The zero-order valence-corrected chi connectivity index (χ0v) is 16.6. The van der Waals surface area contributed by atoms with Crippen LogP contribution in [0.3, 0.4) is 0 Å². The molecule has 0 aromatic heterocycles. The molecule has 0 fully saturated rings. The number of benzene rings is 2. The van der Waals surface area contributed by atoms with E-state index in [0.717, 1.165) is 37.9 Å². The van der Waals surface area contributed by atoms with Crippen LogP contribution in [0.4, 0.5) is 11.4 Å². The van der Waals surface area contributed by atoms with Crippen molar-refractivity contribution in [3.05, 3.63) is 58.7 Å². The summed E-state index contributed by atoms with van der Waals surface area (Å²) in [6, 6.07) is 10.9. The molecule has 5 heteroatoms. The Kier molecular flexibility index (Phi) is 6.82. The molecular weight excluding hydrogens is 352 g/mol. The van der Waals surface area contributed by atoms with Crippen LogP contribution in [0.2, 0.25) is 0 Å². The monoisotopic (exact) mass is 380 g/mol. The Morgan fingerprint density at radius 1 is 0.786 bits per heavy atom. The molecule has 0 bridgehead atoms. The summed E-state index contributed by atoms with van der Waals surface area (Å²) in [7, 11) is 1.67. The molecule has 2 N–H and O–H groups in total. The van der Waals surface area contributed by atoms with Crippen molar-refractivity contribution in [1.29, 1.82) is 0 Å². The molecule has 5 nitrogen and oxygen atoms in total. The van der Waals surface area contributed by atoms with Crippen molar-refractivity contribution in [3.8, 4) is 0 Å². The number of carbonyl (C=O) groups is 2. The van der Waals surface area contributed by atoms with Crippen molar-refractivity contribution in [2.45, 2.75) is 32.6 Å². The van der Waals surface area contributed by atoms with Crippen molar-refractivity contribution in [1.82, 2.24) is 0 Å². The van der Waals surface area contributed by atoms with E-state index >= 15 is 0 Å². The molecule has 0 spiro atoms. The van der Waals surface area contributed by atoms with E-state index in [1.807, 2.05) is 12.1 Å². The number of hydrogen-bond acceptors (Lipinski definition) is 5. The number of methoxy groups -OCH3 is 1. The van der Waals surface area contributed by atoms with Crippen LogP contribution in [0.15, 0.2) is 36.4 Å². The molecule has 0 amide bonds. The molecule has 0 aliphatic heterocycles. The lowest BCUT2D eigenvalue weighted by Gasteiger charge is -2.24. The smallest absolute Gasteiger partial charge is 0.196 e. The SMILES string of the molecule is CCCCCNc1ccc(NCCCOC)c2c1C(=O)c1ccccc1C2=O. The van der Waals surface area contributed by atoms with Crippen LogP contribution in [0, 0.1) is 0 Å². The lowest BCUT2D eigenvalue weighted by Crippen LogP contribution is -2.24. The van der Waals surface area contributed by atoms with Gasteiger partial charge < -0.3 is 15.4 Å². The van der Waals surface area contributed by atoms with Crippen LogP contribution < -0.4 is 10.6 Å². The van der Waals surface area contributed by atoms with E-state index in [1.54, 1.807) is 31.4 Å². The van der Waals surface area contributed by atoms with Crippen LogP contribution in [-0.4, -0.2) is 38.4 Å². The van der Waals surface area contributed by atoms with Gasteiger partial charge in [0.2, 0.25) is 0 Å². The van der Waals surface area contributed by atoms with E-state index < -0.39 is 0 Å². The maximum absolute atomic E-state index is 13.3. The zero-order valence-electron chi connectivity index (χ0n) is 16.6. The minimum Gasteiger partial charge on any atom is -0.385 e. The van der Waals surface area contributed by atoms with E-state index in [1.165, 1.54) is 0 Å². The van der Waals surface area contributed by atoms with E-state index in [9.17, 15) is 9.59 Å². The number of anilines is 2. The molecule has 2 aromatic carbocycles. The topological polar surface area (TPSA) is 67.4 Å². The van der Waals surface area contributed by atoms with Gasteiger partial charge in [-0.2, -0.15) is 0 Å². The summed E-state index contributed by atoms with van der Waals surface area (Å²) < 4.78 is 5.09. The fourth-order valence-electron chi connectivity index (χ4n) is 3.56. The van der Waals surface area contributed by atoms with E-state index in [0.29, 0.717) is 41.1 Å². The lowest BCUT2D eigenvalue weighted by atomic mass is 9.82. The Labute approximate surface area is 166 Å². The first-order chi connectivity index (χ1) is 13.7. The Morgan fingerprint density at radius 2 is 1.32 bits per heavy atom. The van der Waals surface area contributed by atoms with Gasteiger partial charge in [-0.15, -0.1) is 0 Å². The van der Waals surface area contributed by atoms with Gasteiger partial charge in [0.25, 0.3) is 0 Å². The van der Waals surface area contributed by atoms with Gasteiger partial charge in [0.15, 0.2) is 11.6 Å². The van der Waals surface area contributed by atoms with Gasteiger partial charge in [-0.05, 0) is 25.0 Å². The maximum Gasteiger partial charge on any atom is 0.196 e. The number of carbonyl (C=O) groups excluding carboxylic acids is 2. The molecule has 0 heterocycles. The standard InChI is InChI=1S/C23H28N2O3/c1-3-4-7-13-24-18-11-12-19(25-14-8-15-28-2)21-20(18)22(26)16-9-5-6-10-17(16)23(21)27/h5-6,9-12,24-25H,3-4,7-8,13-15H2,1-2H3. The molecule has 2 aromatic rings. The van der Waals surface area contributed by atoms with Gasteiger partial charge in [-0.3, -0.25) is 9.59 Å². The highest BCUT2D eigenvalue weighted by Crippen LogP contribution is 2.36. The molecule has 0 saturated heterocycles. The second-order valence-corrected chi connectivity index (χ2v) is 7.02. The van der Waals surface area contributed by atoms with E-state index in [-0.39, 0.29) is 11.6 Å². The molecule has 0 unspecified atom stereocenters. The summed E-state index contributed by atoms with van der Waals surface area (Å²) in [5, 5.41) is 6.68. The molecule has 3 rings (SSSR count). The van der Waals surface area contributed by atoms with Gasteiger partial charge in [0.05, 0.1) is 11.1 Å². The second kappa shape index (κ2) is 9.51. The summed E-state index contributed by atoms with van der Waals surface area (Å²) >= 11 is 0. The number of ether oxygens (including phenoxy) is 1. The molecule has 148 valence electrons. The van der Waals surface area contributed by atoms with E-state index in [4.69, 9.17) is 4.74 Å². The van der Waals surface area contributed by atoms with Crippen molar-refractivity contribution in [2.24, 2.45) is 0 Å². The first kappa shape index (κ1) is 20.1. The summed E-state index contributed by atoms with van der Waals surface area (Å²) in [4.78, 5) is 26.5. The zero-order chi connectivity index (χ0) is 19.9. The average molecular weight is 380 g/mol. The Morgan fingerprint density at radius 3 is 1.82 bits per heavy atom. The highest BCUT2D eigenvalue weighted by Gasteiger charge is 2.33. The average Bonchev–Trinajstić information content (AvgIpc) is 2.72. The number of ketones is 2. The van der Waals surface area contributed by atoms with Crippen LogP contribution in [0.25, 0.3) is 0 Å². The second-order valence-electron chi connectivity index (χ2n) is 7.02. The predicted octanol–water partition coefficient (Wildman–Crippen LogP) is 4.51. The molecule has 0 atom stereocenters. The highest BCUT2D eigenvalue weighted by molar-refractivity contribution is 6.31. The quantitative estimate of drug-likeness (QED) is 0.507. The third kappa shape index (κ3) is 4.09. The van der Waals surface area contributed by atoms with Crippen molar-refractivity contribution in [3.63, 3.8) is 0 Å². The summed E-state index contributed by atoms with van der Waals surface area (Å²) in [5.74, 6) is -0.194. The van der Waals surface area contributed by atoms with Gasteiger partial charge in [0, 0.05) is 49.3 Å². The number of unbranched alkanes of at least 4 members (excludes halogenated alkanes) is 2. The maximum atomic E-state index is 13.3. The number of nitrogens with one attached hydrogen (secondary N) is 2. The van der Waals surface area contributed by atoms with Crippen molar-refractivity contribution >= 4 is 22.9 Å². The summed E-state index contributed by atoms with van der Waals surface area (Å²) in [6.45, 7) is 4.25. The predicted molar refractivity (Wildman–Crippen MR) is 113 cm³/mol. The number of fused-ring (bicyclic) bond motifs is 2. The van der Waals surface area contributed by atoms with Crippen LogP contribution in [-0.2, 0) is 4.74 Å². The lowest BCUT2D eigenvalue weighted by molar-refractivity contribution is 0.0980. The van der Waals surface area contributed by atoms with Gasteiger partial charge >= 0.3 is 0 Å². The van der Waals surface area contributed by atoms with Crippen LogP contribution >= 0.6 is 0 Å². The Bertz CT molecular complexity index is 791. The third-order valence-electron chi connectivity index (χ3n) is 5.01. The molecule has 0 saturated carbocycles. The largest absolute Gasteiger partial charge is 0.385 e. The van der Waals surface area contributed by atoms with Gasteiger partial charge in [0.1, 0.15) is 0 Å². The fourth-order valence-corrected chi connectivity index (χ4v) is 3.56. The Hall–Kier alpha value is -2.66. The van der Waals surface area contributed by atoms with Crippen LogP contribution in [0.5, 0.6) is 0 Å². The van der Waals surface area contributed by atoms with E-state index in [2.05, 4.69) is 17.6 Å². The summed E-state index contributed by atoms with van der Waals surface area (Å²) in [5.41, 5.74) is 3.36. The van der Waals surface area contributed by atoms with Crippen LogP contribution in [0.1, 0.15) is 64.4 Å². The number of rotatable bonds is 10. The Balaban J connectivity index is 1.97. The minimum absolute atomic E-state index is 0.0938. The molecule has 28 heavy (non-hydrogen) atoms. The number of hydrogen-bond donors (Lipinski definition) is 2. The van der Waals surface area contributed by atoms with Crippen molar-refractivity contribution < 1.29 is 14.3 Å². The van der Waals surface area contributed by atoms with Crippen molar-refractivity contribution in [2.75, 3.05) is 37.4 Å². The van der Waals surface area contributed by atoms with Gasteiger partial charge in [-0.25, -0.2) is 0 Å². The first-order valence-electron chi connectivity index (χ1n) is 10.0. The van der Waals surface area contributed by atoms with Gasteiger partial charge in [-0.1, -0.05) is 44.0 Å². The molecular formula is C23H28N2O3. The summed E-state index contributed by atoms with van der Waals surface area (Å²) in [6.07, 6.45) is 4.11. The normalized spacial score (nSPS) is 12.5. The molecule has 1 aliphatic carbocycles. The molecule has 1 aliphatic rings. The molecule has 0 radical (unpaired) electrons. The minimum atomic E-state index is -0.100. The third-order valence-corrected chi connectivity index (χ3v) is 5.01. The fraction of sp³-hybridized carbons (Fsp3) is 0.391.